The fraction of sp³-hybridized carbons (Fsp3) is 1.00. The van der Waals surface area contributed by atoms with E-state index in [2.05, 4.69) is 53.0 Å². The summed E-state index contributed by atoms with van der Waals surface area (Å²) in [6.07, 6.45) is 11.7. The van der Waals surface area contributed by atoms with Gasteiger partial charge in [0.25, 0.3) is 0 Å². The van der Waals surface area contributed by atoms with Crippen LogP contribution in [0.15, 0.2) is 0 Å². The van der Waals surface area contributed by atoms with Gasteiger partial charge in [-0.1, -0.05) is 45.4 Å². The first kappa shape index (κ1) is 20.4. The second-order valence-electron chi connectivity index (χ2n) is 9.01. The largest absolute Gasteiger partial charge is 0.233 e. The first-order valence-corrected chi connectivity index (χ1v) is 11.5. The van der Waals surface area contributed by atoms with E-state index in [1.54, 1.807) is 0 Å². The fourth-order valence-electron chi connectivity index (χ4n) is 3.74. The van der Waals surface area contributed by atoms with E-state index in [0.717, 1.165) is 12.3 Å². The first-order valence-electron chi connectivity index (χ1n) is 9.34. The predicted octanol–water partition coefficient (Wildman–Crippen LogP) is 6.11. The molecule has 1 saturated heterocycles. The van der Waals surface area contributed by atoms with Gasteiger partial charge in [-0.25, -0.2) is 4.89 Å². The van der Waals surface area contributed by atoms with E-state index in [4.69, 9.17) is 0 Å². The van der Waals surface area contributed by atoms with Gasteiger partial charge in [-0.05, 0) is 52.9 Å². The Morgan fingerprint density at radius 1 is 0.909 bits per heavy atom. The standard InChI is InChI=1S/C19H41NOP/c1-17-13-10-8-9-11-15-18(2,3)20(6)22(7,21)19(4,5)16-12-14-17/h17,21H,8-16H2,1-7H3/q+1/t17-,22?/m1/s1. The molecule has 1 N–H and O–H groups in total. The van der Waals surface area contributed by atoms with Crippen LogP contribution in [-0.2, 0) is 0 Å². The molecule has 3 heteroatoms. The maximum atomic E-state index is 11.4. The molecule has 1 fully saturated rings. The van der Waals surface area contributed by atoms with E-state index in [0.29, 0.717) is 0 Å². The van der Waals surface area contributed by atoms with Gasteiger partial charge in [0, 0.05) is 7.05 Å². The molecule has 1 heterocycles. The van der Waals surface area contributed by atoms with Gasteiger partial charge in [0.2, 0.25) is 7.64 Å². The molecule has 0 bridgehead atoms. The lowest BCUT2D eigenvalue weighted by Gasteiger charge is -2.45. The van der Waals surface area contributed by atoms with Crippen molar-refractivity contribution in [3.8, 4) is 0 Å². The molecular weight excluding hydrogens is 289 g/mol. The van der Waals surface area contributed by atoms with Crippen LogP contribution in [-0.4, -0.2) is 34.0 Å². The molecule has 0 aromatic heterocycles. The van der Waals surface area contributed by atoms with Crippen molar-refractivity contribution in [2.75, 3.05) is 13.7 Å². The number of rotatable bonds is 0. The Hall–Kier alpha value is 0.350. The average molecular weight is 331 g/mol. The van der Waals surface area contributed by atoms with E-state index in [9.17, 15) is 4.89 Å². The van der Waals surface area contributed by atoms with Crippen molar-refractivity contribution in [3.63, 3.8) is 0 Å². The molecule has 22 heavy (non-hydrogen) atoms. The van der Waals surface area contributed by atoms with Gasteiger partial charge in [0.05, 0.1) is 12.2 Å². The molecule has 0 aromatic carbocycles. The molecule has 0 aliphatic carbocycles. The summed E-state index contributed by atoms with van der Waals surface area (Å²) in [5.41, 5.74) is 0.0892. The quantitative estimate of drug-likeness (QED) is 0.542. The Morgan fingerprint density at radius 2 is 1.45 bits per heavy atom. The highest BCUT2D eigenvalue weighted by Crippen LogP contribution is 2.68. The maximum Gasteiger partial charge on any atom is 0.214 e. The summed E-state index contributed by atoms with van der Waals surface area (Å²) in [5, 5.41) is 0.0167. The average Bonchev–Trinajstić information content (AvgIpc) is 2.40. The monoisotopic (exact) mass is 330 g/mol. The molecule has 0 amide bonds. The lowest BCUT2D eigenvalue weighted by molar-refractivity contribution is 0.219. The Kier molecular flexibility index (Phi) is 7.37. The molecule has 1 rings (SSSR count). The molecule has 2 nitrogen and oxygen atoms in total. The molecule has 0 aromatic rings. The van der Waals surface area contributed by atoms with Crippen LogP contribution in [0.4, 0.5) is 0 Å². The molecular formula is C19H41NOP+. The molecule has 0 saturated carbocycles. The summed E-state index contributed by atoms with van der Waals surface area (Å²) < 4.78 is 2.34. The first-order chi connectivity index (χ1) is 10.0. The van der Waals surface area contributed by atoms with Crippen molar-refractivity contribution in [2.24, 2.45) is 5.92 Å². The molecule has 2 atom stereocenters. The van der Waals surface area contributed by atoms with Crippen LogP contribution in [0.2, 0.25) is 0 Å². The highest BCUT2D eigenvalue weighted by Gasteiger charge is 2.54. The zero-order chi connectivity index (χ0) is 17.0. The minimum Gasteiger partial charge on any atom is -0.233 e. The Morgan fingerprint density at radius 3 is 2.09 bits per heavy atom. The number of nitrogens with zero attached hydrogens (tertiary/aromatic N) is 1. The van der Waals surface area contributed by atoms with E-state index < -0.39 is 7.64 Å². The van der Waals surface area contributed by atoms with Gasteiger partial charge < -0.3 is 0 Å². The molecule has 0 radical (unpaired) electrons. The van der Waals surface area contributed by atoms with Gasteiger partial charge in [0.15, 0.2) is 0 Å². The summed E-state index contributed by atoms with van der Waals surface area (Å²) in [6, 6.07) is 0. The SMILES string of the molecule is C[C@@H]1CCCCCCC(C)(C)N(C)[P+](C)(O)C(C)(C)CCC1. The van der Waals surface area contributed by atoms with Crippen LogP contribution in [0.1, 0.15) is 92.4 Å². The van der Waals surface area contributed by atoms with Crippen LogP contribution in [0, 0.1) is 5.92 Å². The summed E-state index contributed by atoms with van der Waals surface area (Å²) in [5.74, 6) is 0.844. The molecule has 1 aliphatic rings. The van der Waals surface area contributed by atoms with Gasteiger partial charge in [-0.3, -0.25) is 0 Å². The molecule has 1 unspecified atom stereocenters. The fourth-order valence-corrected chi connectivity index (χ4v) is 6.29. The lowest BCUT2D eigenvalue weighted by atomic mass is 9.93. The van der Waals surface area contributed by atoms with E-state index in [1.807, 2.05) is 0 Å². The third-order valence-corrected chi connectivity index (χ3v) is 10.6. The third kappa shape index (κ3) is 5.18. The van der Waals surface area contributed by atoms with Gasteiger partial charge >= 0.3 is 0 Å². The van der Waals surface area contributed by atoms with E-state index in [1.165, 1.54) is 51.4 Å². The van der Waals surface area contributed by atoms with E-state index >= 15 is 0 Å². The smallest absolute Gasteiger partial charge is 0.214 e. The molecule has 0 spiro atoms. The Labute approximate surface area is 140 Å². The normalized spacial score (nSPS) is 35.7. The van der Waals surface area contributed by atoms with Crippen LogP contribution >= 0.6 is 7.64 Å². The Balaban J connectivity index is 2.90. The van der Waals surface area contributed by atoms with Crippen LogP contribution in [0.25, 0.3) is 0 Å². The predicted molar refractivity (Wildman–Crippen MR) is 102 cm³/mol. The Bertz CT molecular complexity index is 338. The van der Waals surface area contributed by atoms with Crippen molar-refractivity contribution in [1.29, 1.82) is 0 Å². The van der Waals surface area contributed by atoms with Crippen molar-refractivity contribution in [3.05, 3.63) is 0 Å². The second-order valence-corrected chi connectivity index (χ2v) is 12.6. The van der Waals surface area contributed by atoms with Gasteiger partial charge in [0.1, 0.15) is 5.16 Å². The highest BCUT2D eigenvalue weighted by molar-refractivity contribution is 7.68. The molecule has 132 valence electrons. The summed E-state index contributed by atoms with van der Waals surface area (Å²) in [6.45, 7) is 13.7. The van der Waals surface area contributed by atoms with Crippen molar-refractivity contribution < 1.29 is 4.89 Å². The van der Waals surface area contributed by atoms with E-state index in [-0.39, 0.29) is 10.7 Å². The molecule has 1 aliphatic heterocycles. The van der Waals surface area contributed by atoms with Gasteiger partial charge in [-0.2, -0.15) is 4.67 Å². The van der Waals surface area contributed by atoms with Crippen molar-refractivity contribution >= 4 is 7.64 Å². The zero-order valence-corrected chi connectivity index (χ0v) is 17.2. The maximum absolute atomic E-state index is 11.4. The third-order valence-electron chi connectivity index (χ3n) is 6.33. The number of hydrogen-bond acceptors (Lipinski definition) is 2. The minimum atomic E-state index is -2.12. The minimum absolute atomic E-state index is 0.0167. The van der Waals surface area contributed by atoms with Crippen molar-refractivity contribution in [1.82, 2.24) is 4.67 Å². The highest BCUT2D eigenvalue weighted by atomic mass is 31.2. The zero-order valence-electron chi connectivity index (χ0n) is 16.3. The lowest BCUT2D eigenvalue weighted by Crippen LogP contribution is -2.45. The second kappa shape index (κ2) is 7.95. The van der Waals surface area contributed by atoms with Crippen molar-refractivity contribution in [2.45, 2.75) is 103 Å². The summed E-state index contributed by atoms with van der Waals surface area (Å²) in [7, 11) is 0.0415. The topological polar surface area (TPSA) is 23.5 Å². The van der Waals surface area contributed by atoms with Crippen LogP contribution in [0.5, 0.6) is 0 Å². The summed E-state index contributed by atoms with van der Waals surface area (Å²) in [4.78, 5) is 11.4. The van der Waals surface area contributed by atoms with Crippen LogP contribution < -0.4 is 0 Å². The van der Waals surface area contributed by atoms with Gasteiger partial charge in [-0.15, -0.1) is 0 Å². The number of hydrogen-bond donors (Lipinski definition) is 1. The summed E-state index contributed by atoms with van der Waals surface area (Å²) >= 11 is 0. The van der Waals surface area contributed by atoms with Crippen LogP contribution in [0.3, 0.4) is 0 Å².